The molecule has 1 unspecified atom stereocenters. The van der Waals surface area contributed by atoms with Gasteiger partial charge in [0.1, 0.15) is 5.82 Å². The van der Waals surface area contributed by atoms with Gasteiger partial charge in [-0.1, -0.05) is 29.3 Å². The minimum absolute atomic E-state index is 0.0967. The molecule has 0 fully saturated rings. The van der Waals surface area contributed by atoms with Crippen molar-refractivity contribution in [3.63, 3.8) is 0 Å². The van der Waals surface area contributed by atoms with Crippen molar-refractivity contribution >= 4 is 23.2 Å². The van der Waals surface area contributed by atoms with Gasteiger partial charge in [0.05, 0.1) is 6.20 Å². The number of nitrogens with zero attached hydrogens (tertiary/aromatic N) is 1. The van der Waals surface area contributed by atoms with Crippen LogP contribution in [0.5, 0.6) is 0 Å². The number of hydrogen-bond acceptors (Lipinski definition) is 2. The van der Waals surface area contributed by atoms with Crippen molar-refractivity contribution in [2.24, 2.45) is 0 Å². The van der Waals surface area contributed by atoms with Gasteiger partial charge in [-0.3, -0.25) is 4.98 Å². The molecule has 0 radical (unpaired) electrons. The van der Waals surface area contributed by atoms with E-state index in [4.69, 9.17) is 23.2 Å². The fraction of sp³-hybridized carbons (Fsp3) is 0.214. The molecule has 2 rings (SSSR count). The summed E-state index contributed by atoms with van der Waals surface area (Å²) in [5, 5.41) is 4.34. The lowest BCUT2D eigenvalue weighted by Crippen LogP contribution is -2.19. The molecule has 5 heteroatoms. The van der Waals surface area contributed by atoms with E-state index in [1.807, 2.05) is 0 Å². The maximum atomic E-state index is 13.2. The molecule has 1 aromatic heterocycles. The largest absolute Gasteiger partial charge is 0.313 e. The van der Waals surface area contributed by atoms with Gasteiger partial charge in [0.2, 0.25) is 0 Å². The molecular weight excluding hydrogens is 286 g/mol. The molecule has 0 bridgehead atoms. The van der Waals surface area contributed by atoms with Crippen LogP contribution in [0.25, 0.3) is 0 Å². The van der Waals surface area contributed by atoms with Gasteiger partial charge in [-0.15, -0.1) is 0 Å². The van der Waals surface area contributed by atoms with Crippen LogP contribution in [0, 0.1) is 5.82 Å². The summed E-state index contributed by atoms with van der Waals surface area (Å²) in [7, 11) is 1.81. The second-order valence-electron chi connectivity index (χ2n) is 4.18. The lowest BCUT2D eigenvalue weighted by atomic mass is 10.00. The Morgan fingerprint density at radius 3 is 2.53 bits per heavy atom. The Labute approximate surface area is 121 Å². The zero-order valence-corrected chi connectivity index (χ0v) is 11.8. The van der Waals surface area contributed by atoms with E-state index < -0.39 is 0 Å². The summed E-state index contributed by atoms with van der Waals surface area (Å²) >= 11 is 12.3. The highest BCUT2D eigenvalue weighted by Crippen LogP contribution is 2.29. The zero-order chi connectivity index (χ0) is 13.8. The van der Waals surface area contributed by atoms with E-state index in [1.54, 1.807) is 31.4 Å². The number of likely N-dealkylation sites (N-methyl/N-ethyl adjacent to an activating group) is 1. The highest BCUT2D eigenvalue weighted by molar-refractivity contribution is 6.36. The second-order valence-corrected chi connectivity index (χ2v) is 5.00. The molecular formula is C14H13Cl2FN2. The SMILES string of the molecule is CNC(Cc1c(Cl)cccc1Cl)c1cncc(F)c1. The van der Waals surface area contributed by atoms with Gasteiger partial charge in [0.15, 0.2) is 0 Å². The van der Waals surface area contributed by atoms with Crippen molar-refractivity contribution < 1.29 is 4.39 Å². The zero-order valence-electron chi connectivity index (χ0n) is 10.3. The summed E-state index contributed by atoms with van der Waals surface area (Å²) in [6.07, 6.45) is 3.38. The molecule has 1 heterocycles. The highest BCUT2D eigenvalue weighted by atomic mass is 35.5. The number of halogens is 3. The van der Waals surface area contributed by atoms with Crippen LogP contribution in [0.3, 0.4) is 0 Å². The van der Waals surface area contributed by atoms with E-state index in [1.165, 1.54) is 12.3 Å². The average Bonchev–Trinajstić information content (AvgIpc) is 2.38. The predicted molar refractivity (Wildman–Crippen MR) is 76.2 cm³/mol. The van der Waals surface area contributed by atoms with Crippen LogP contribution in [-0.4, -0.2) is 12.0 Å². The minimum atomic E-state index is -0.358. The number of aromatic nitrogens is 1. The van der Waals surface area contributed by atoms with E-state index in [-0.39, 0.29) is 11.9 Å². The Bertz CT molecular complexity index is 555. The summed E-state index contributed by atoms with van der Waals surface area (Å²) in [6.45, 7) is 0. The average molecular weight is 299 g/mol. The first-order valence-electron chi connectivity index (χ1n) is 5.82. The van der Waals surface area contributed by atoms with Gasteiger partial charge in [0, 0.05) is 22.3 Å². The minimum Gasteiger partial charge on any atom is -0.313 e. The number of benzene rings is 1. The molecule has 2 aromatic rings. The first-order valence-corrected chi connectivity index (χ1v) is 6.58. The van der Waals surface area contributed by atoms with Gasteiger partial charge < -0.3 is 5.32 Å². The molecule has 19 heavy (non-hydrogen) atoms. The Morgan fingerprint density at radius 1 is 1.26 bits per heavy atom. The lowest BCUT2D eigenvalue weighted by Gasteiger charge is -2.18. The Balaban J connectivity index is 2.29. The van der Waals surface area contributed by atoms with Crippen molar-refractivity contribution in [2.75, 3.05) is 7.05 Å². The summed E-state index contributed by atoms with van der Waals surface area (Å²) in [5.74, 6) is -0.358. The number of hydrogen-bond donors (Lipinski definition) is 1. The summed E-state index contributed by atoms with van der Waals surface area (Å²) < 4.78 is 13.2. The van der Waals surface area contributed by atoms with Gasteiger partial charge in [-0.2, -0.15) is 0 Å². The standard InChI is InChI=1S/C14H13Cl2FN2/c1-18-14(9-5-10(17)8-19-7-9)6-11-12(15)3-2-4-13(11)16/h2-5,7-8,14,18H,6H2,1H3. The Morgan fingerprint density at radius 2 is 1.95 bits per heavy atom. The molecule has 0 aliphatic carbocycles. The molecule has 0 saturated carbocycles. The van der Waals surface area contributed by atoms with Crippen molar-refractivity contribution in [1.82, 2.24) is 10.3 Å². The van der Waals surface area contributed by atoms with Crippen molar-refractivity contribution in [2.45, 2.75) is 12.5 Å². The number of rotatable bonds is 4. The van der Waals surface area contributed by atoms with Crippen LogP contribution in [0.2, 0.25) is 10.0 Å². The first-order chi connectivity index (χ1) is 9.11. The normalized spacial score (nSPS) is 12.4. The van der Waals surface area contributed by atoms with Crippen LogP contribution in [-0.2, 0) is 6.42 Å². The second kappa shape index (κ2) is 6.33. The fourth-order valence-electron chi connectivity index (χ4n) is 1.94. The lowest BCUT2D eigenvalue weighted by molar-refractivity contribution is 0.572. The van der Waals surface area contributed by atoms with E-state index in [2.05, 4.69) is 10.3 Å². The van der Waals surface area contributed by atoms with E-state index in [0.29, 0.717) is 16.5 Å². The van der Waals surface area contributed by atoms with E-state index in [9.17, 15) is 4.39 Å². The third-order valence-corrected chi connectivity index (χ3v) is 3.66. The Hall–Kier alpha value is -1.16. The maximum absolute atomic E-state index is 13.2. The highest BCUT2D eigenvalue weighted by Gasteiger charge is 2.15. The van der Waals surface area contributed by atoms with Crippen molar-refractivity contribution in [3.8, 4) is 0 Å². The van der Waals surface area contributed by atoms with Gasteiger partial charge in [-0.25, -0.2) is 4.39 Å². The van der Waals surface area contributed by atoms with E-state index >= 15 is 0 Å². The summed E-state index contributed by atoms with van der Waals surface area (Å²) in [5.41, 5.74) is 1.60. The molecule has 1 atom stereocenters. The van der Waals surface area contributed by atoms with Gasteiger partial charge in [-0.05, 0) is 42.8 Å². The molecule has 0 aliphatic heterocycles. The quantitative estimate of drug-likeness (QED) is 0.922. The monoisotopic (exact) mass is 298 g/mol. The maximum Gasteiger partial charge on any atom is 0.141 e. The fourth-order valence-corrected chi connectivity index (χ4v) is 2.49. The van der Waals surface area contributed by atoms with Crippen LogP contribution in [0.1, 0.15) is 17.2 Å². The van der Waals surface area contributed by atoms with Gasteiger partial charge >= 0.3 is 0 Å². The summed E-state index contributed by atoms with van der Waals surface area (Å²) in [4.78, 5) is 3.86. The van der Waals surface area contributed by atoms with Crippen molar-refractivity contribution in [3.05, 3.63) is 63.6 Å². The van der Waals surface area contributed by atoms with Crippen LogP contribution in [0.4, 0.5) is 4.39 Å². The number of pyridine rings is 1. The van der Waals surface area contributed by atoms with E-state index in [0.717, 1.165) is 11.1 Å². The third-order valence-electron chi connectivity index (χ3n) is 2.95. The molecule has 100 valence electrons. The van der Waals surface area contributed by atoms with Gasteiger partial charge in [0.25, 0.3) is 0 Å². The van der Waals surface area contributed by atoms with Crippen LogP contribution in [0.15, 0.2) is 36.7 Å². The predicted octanol–water partition coefficient (Wildman–Crippen LogP) is 4.03. The first kappa shape index (κ1) is 14.3. The van der Waals surface area contributed by atoms with Crippen molar-refractivity contribution in [1.29, 1.82) is 0 Å². The Kier molecular flexibility index (Phi) is 4.75. The molecule has 0 aliphatic rings. The molecule has 0 amide bonds. The molecule has 1 N–H and O–H groups in total. The molecule has 1 aromatic carbocycles. The topological polar surface area (TPSA) is 24.9 Å². The smallest absolute Gasteiger partial charge is 0.141 e. The third kappa shape index (κ3) is 3.44. The molecule has 0 saturated heterocycles. The van der Waals surface area contributed by atoms with Crippen LogP contribution >= 0.6 is 23.2 Å². The molecule has 2 nitrogen and oxygen atoms in total. The number of nitrogens with one attached hydrogen (secondary N) is 1. The summed E-state index contributed by atoms with van der Waals surface area (Å²) in [6, 6.07) is 6.74. The molecule has 0 spiro atoms. The van der Waals surface area contributed by atoms with Crippen LogP contribution < -0.4 is 5.32 Å².